The van der Waals surface area contributed by atoms with Gasteiger partial charge in [-0.2, -0.15) is 0 Å². The van der Waals surface area contributed by atoms with Crippen molar-refractivity contribution in [3.05, 3.63) is 27.6 Å². The van der Waals surface area contributed by atoms with Crippen LogP contribution in [0.15, 0.2) is 16.2 Å². The third-order valence-electron chi connectivity index (χ3n) is 4.40. The lowest BCUT2D eigenvalue weighted by molar-refractivity contribution is 0.226. The molecule has 0 spiro atoms. The summed E-state index contributed by atoms with van der Waals surface area (Å²) in [5.74, 6) is 0.802. The monoisotopic (exact) mass is 304 g/mol. The lowest BCUT2D eigenvalue weighted by Crippen LogP contribution is -2.39. The summed E-state index contributed by atoms with van der Waals surface area (Å²) in [6.07, 6.45) is 5.09. The Balaban J connectivity index is 1.54. The number of nitrogens with one attached hydrogen (secondary N) is 2. The van der Waals surface area contributed by atoms with Gasteiger partial charge in [-0.05, 0) is 43.7 Å². The fourth-order valence-corrected chi connectivity index (χ4v) is 3.89. The molecule has 1 aliphatic heterocycles. The normalized spacial score (nSPS) is 22.4. The van der Waals surface area contributed by atoms with Crippen LogP contribution in [-0.4, -0.2) is 40.0 Å². The molecule has 1 saturated heterocycles. The molecule has 5 nitrogen and oxygen atoms in total. The molecule has 1 saturated carbocycles. The van der Waals surface area contributed by atoms with E-state index in [1.165, 1.54) is 37.0 Å². The van der Waals surface area contributed by atoms with Gasteiger partial charge in [-0.3, -0.25) is 9.69 Å². The maximum absolute atomic E-state index is 12.1. The lowest BCUT2D eigenvalue weighted by Gasteiger charge is -2.24. The first-order chi connectivity index (χ1) is 10.3. The molecule has 2 N–H and O–H groups in total. The predicted molar refractivity (Wildman–Crippen MR) is 84.7 cm³/mol. The van der Waals surface area contributed by atoms with Gasteiger partial charge in [0.15, 0.2) is 0 Å². The minimum Gasteiger partial charge on any atom is -0.313 e. The number of hydrogen-bond acceptors (Lipinski definition) is 5. The zero-order valence-corrected chi connectivity index (χ0v) is 12.8. The maximum Gasteiger partial charge on any atom is 0.268 e. The Labute approximate surface area is 127 Å². The van der Waals surface area contributed by atoms with Crippen molar-refractivity contribution in [2.24, 2.45) is 0 Å². The summed E-state index contributed by atoms with van der Waals surface area (Å²) in [7, 11) is 0. The van der Waals surface area contributed by atoms with E-state index in [2.05, 4.69) is 20.2 Å². The smallest absolute Gasteiger partial charge is 0.268 e. The minimum atomic E-state index is -0.000242. The summed E-state index contributed by atoms with van der Waals surface area (Å²) in [4.78, 5) is 22.1. The van der Waals surface area contributed by atoms with Gasteiger partial charge in [-0.15, -0.1) is 11.3 Å². The van der Waals surface area contributed by atoms with Crippen molar-refractivity contribution in [2.45, 2.75) is 44.3 Å². The van der Waals surface area contributed by atoms with Gasteiger partial charge in [0.2, 0.25) is 0 Å². The number of H-pyrrole nitrogens is 1. The van der Waals surface area contributed by atoms with Crippen molar-refractivity contribution >= 4 is 21.6 Å². The molecular formula is C15H20N4OS. The van der Waals surface area contributed by atoms with Crippen LogP contribution in [0.5, 0.6) is 0 Å². The highest BCUT2D eigenvalue weighted by molar-refractivity contribution is 7.17. The van der Waals surface area contributed by atoms with Gasteiger partial charge < -0.3 is 10.3 Å². The molecule has 2 fully saturated rings. The zero-order chi connectivity index (χ0) is 14.2. The zero-order valence-electron chi connectivity index (χ0n) is 12.0. The van der Waals surface area contributed by atoms with E-state index in [9.17, 15) is 4.79 Å². The molecule has 21 heavy (non-hydrogen) atoms. The van der Waals surface area contributed by atoms with Crippen molar-refractivity contribution in [2.75, 3.05) is 13.1 Å². The van der Waals surface area contributed by atoms with E-state index in [0.29, 0.717) is 12.1 Å². The quantitative estimate of drug-likeness (QED) is 0.883. The molecule has 2 aliphatic rings. The van der Waals surface area contributed by atoms with Gasteiger partial charge in [0.1, 0.15) is 10.5 Å². The average molecular weight is 304 g/mol. The van der Waals surface area contributed by atoms with E-state index in [0.717, 1.165) is 35.7 Å². The largest absolute Gasteiger partial charge is 0.313 e. The third-order valence-corrected chi connectivity index (χ3v) is 5.30. The molecule has 1 atom stereocenters. The summed E-state index contributed by atoms with van der Waals surface area (Å²) >= 11 is 1.46. The molecule has 0 bridgehead atoms. The summed E-state index contributed by atoms with van der Waals surface area (Å²) < 4.78 is 0.731. The van der Waals surface area contributed by atoms with Crippen LogP contribution in [0.25, 0.3) is 10.2 Å². The molecule has 0 aromatic carbocycles. The van der Waals surface area contributed by atoms with Crippen molar-refractivity contribution in [1.29, 1.82) is 0 Å². The summed E-state index contributed by atoms with van der Waals surface area (Å²) in [5.41, 5.74) is 0.827. The number of thiophene rings is 1. The number of aromatic amines is 1. The molecule has 1 aliphatic carbocycles. The number of fused-ring (bicyclic) bond motifs is 1. The molecule has 4 rings (SSSR count). The molecule has 2 aromatic heterocycles. The maximum atomic E-state index is 12.1. The SMILES string of the molecule is O=c1[nH]c(CN(CC2CCCN2)C2CC2)nc2ccsc12. The van der Waals surface area contributed by atoms with Crippen LogP contribution in [0.4, 0.5) is 0 Å². The van der Waals surface area contributed by atoms with Gasteiger partial charge in [0.05, 0.1) is 12.1 Å². The number of nitrogens with zero attached hydrogens (tertiary/aromatic N) is 2. The van der Waals surface area contributed by atoms with E-state index in [1.807, 2.05) is 11.4 Å². The molecule has 112 valence electrons. The van der Waals surface area contributed by atoms with Crippen LogP contribution in [-0.2, 0) is 6.54 Å². The molecule has 2 aromatic rings. The fourth-order valence-electron chi connectivity index (χ4n) is 3.17. The first kappa shape index (κ1) is 13.4. The highest BCUT2D eigenvalue weighted by Gasteiger charge is 2.31. The second-order valence-corrected chi connectivity index (χ2v) is 7.02. The van der Waals surface area contributed by atoms with Crippen LogP contribution in [0, 0.1) is 0 Å². The fraction of sp³-hybridized carbons (Fsp3) is 0.600. The topological polar surface area (TPSA) is 61.0 Å². The van der Waals surface area contributed by atoms with Crippen molar-refractivity contribution in [3.8, 4) is 0 Å². The minimum absolute atomic E-state index is 0.000242. The average Bonchev–Trinajstić information content (AvgIpc) is 2.98. The lowest BCUT2D eigenvalue weighted by atomic mass is 10.2. The Bertz CT molecular complexity index is 684. The molecule has 0 amide bonds. The standard InChI is InChI=1S/C15H20N4OS/c20-15-14-12(5-7-21-14)17-13(18-15)9-19(11-3-4-11)8-10-2-1-6-16-10/h5,7,10-11,16H,1-4,6,8-9H2,(H,17,18,20). The van der Waals surface area contributed by atoms with E-state index in [4.69, 9.17) is 0 Å². The summed E-state index contributed by atoms with van der Waals surface area (Å²) in [5, 5.41) is 5.49. The van der Waals surface area contributed by atoms with Gasteiger partial charge >= 0.3 is 0 Å². The number of aromatic nitrogens is 2. The number of hydrogen-bond donors (Lipinski definition) is 2. The van der Waals surface area contributed by atoms with E-state index >= 15 is 0 Å². The van der Waals surface area contributed by atoms with Crippen molar-refractivity contribution in [1.82, 2.24) is 20.2 Å². The van der Waals surface area contributed by atoms with Crippen LogP contribution >= 0.6 is 11.3 Å². The van der Waals surface area contributed by atoms with Crippen LogP contribution in [0.1, 0.15) is 31.5 Å². The Morgan fingerprint density at radius 2 is 2.29 bits per heavy atom. The Kier molecular flexibility index (Phi) is 3.52. The molecular weight excluding hydrogens is 284 g/mol. The predicted octanol–water partition coefficient (Wildman–Crippen LogP) is 1.70. The van der Waals surface area contributed by atoms with E-state index in [-0.39, 0.29) is 5.56 Å². The van der Waals surface area contributed by atoms with Gasteiger partial charge in [0.25, 0.3) is 5.56 Å². The summed E-state index contributed by atoms with van der Waals surface area (Å²) in [6.45, 7) is 2.96. The van der Waals surface area contributed by atoms with E-state index in [1.54, 1.807) is 0 Å². The van der Waals surface area contributed by atoms with Crippen LogP contribution < -0.4 is 10.9 Å². The Hall–Kier alpha value is -1.24. The van der Waals surface area contributed by atoms with Crippen LogP contribution in [0.3, 0.4) is 0 Å². The highest BCUT2D eigenvalue weighted by atomic mass is 32.1. The Morgan fingerprint density at radius 1 is 1.38 bits per heavy atom. The van der Waals surface area contributed by atoms with Crippen molar-refractivity contribution < 1.29 is 0 Å². The van der Waals surface area contributed by atoms with Crippen LogP contribution in [0.2, 0.25) is 0 Å². The first-order valence-electron chi connectivity index (χ1n) is 7.73. The molecule has 6 heteroatoms. The molecule has 1 unspecified atom stereocenters. The van der Waals surface area contributed by atoms with E-state index < -0.39 is 0 Å². The first-order valence-corrected chi connectivity index (χ1v) is 8.61. The summed E-state index contributed by atoms with van der Waals surface area (Å²) in [6, 6.07) is 3.21. The van der Waals surface area contributed by atoms with Crippen molar-refractivity contribution in [3.63, 3.8) is 0 Å². The van der Waals surface area contributed by atoms with Gasteiger partial charge in [0, 0.05) is 18.6 Å². The second-order valence-electron chi connectivity index (χ2n) is 6.10. The molecule has 3 heterocycles. The van der Waals surface area contributed by atoms with Gasteiger partial charge in [-0.1, -0.05) is 0 Å². The number of rotatable bonds is 5. The van der Waals surface area contributed by atoms with Gasteiger partial charge in [-0.25, -0.2) is 4.98 Å². The second kappa shape index (κ2) is 5.51. The molecule has 0 radical (unpaired) electrons. The third kappa shape index (κ3) is 2.88. The Morgan fingerprint density at radius 3 is 3.05 bits per heavy atom. The highest BCUT2D eigenvalue weighted by Crippen LogP contribution is 2.28.